The molecule has 2 aliphatic rings. The second-order valence-corrected chi connectivity index (χ2v) is 10.1. The lowest BCUT2D eigenvalue weighted by Gasteiger charge is -2.29. The van der Waals surface area contributed by atoms with E-state index in [-0.39, 0.29) is 23.3 Å². The van der Waals surface area contributed by atoms with E-state index in [2.05, 4.69) is 12.2 Å². The number of hydrogen-bond donors (Lipinski definition) is 1. The van der Waals surface area contributed by atoms with Gasteiger partial charge in [-0.15, -0.1) is 0 Å². The zero-order chi connectivity index (χ0) is 20.9. The van der Waals surface area contributed by atoms with Crippen LogP contribution in [0, 0.1) is 5.92 Å². The summed E-state index contributed by atoms with van der Waals surface area (Å²) in [5.41, 5.74) is 0.528. The maximum absolute atomic E-state index is 12.8. The molecule has 2 amide bonds. The fraction of sp³-hybridized carbons (Fsp3) is 0.619. The molecular weight excluding hydrogens is 390 g/mol. The minimum Gasteiger partial charge on any atom is -0.333 e. The first kappa shape index (κ1) is 21.8. The highest BCUT2D eigenvalue weighted by atomic mass is 32.2. The molecule has 3 rings (SSSR count). The SMILES string of the molecule is CC1CCN(S(=O)(=O)c2ccc(NC(=O)CN3CCCCCCC3=O)cc2)CC1. The van der Waals surface area contributed by atoms with Crippen molar-refractivity contribution in [3.05, 3.63) is 24.3 Å². The molecule has 2 fully saturated rings. The lowest BCUT2D eigenvalue weighted by Crippen LogP contribution is -2.39. The van der Waals surface area contributed by atoms with Crippen molar-refractivity contribution in [3.8, 4) is 0 Å². The van der Waals surface area contributed by atoms with E-state index in [0.29, 0.717) is 37.7 Å². The highest BCUT2D eigenvalue weighted by molar-refractivity contribution is 7.89. The summed E-state index contributed by atoms with van der Waals surface area (Å²) in [5.74, 6) is 0.316. The number of carbonyl (C=O) groups excluding carboxylic acids is 2. The van der Waals surface area contributed by atoms with Crippen molar-refractivity contribution in [1.82, 2.24) is 9.21 Å². The second-order valence-electron chi connectivity index (χ2n) is 8.14. The maximum Gasteiger partial charge on any atom is 0.243 e. The lowest BCUT2D eigenvalue weighted by atomic mass is 10.0. The van der Waals surface area contributed by atoms with Crippen molar-refractivity contribution in [1.29, 1.82) is 0 Å². The van der Waals surface area contributed by atoms with Crippen LogP contribution >= 0.6 is 0 Å². The Hall–Kier alpha value is -1.93. The Balaban J connectivity index is 1.58. The molecule has 8 heteroatoms. The molecule has 0 aromatic heterocycles. The van der Waals surface area contributed by atoms with Gasteiger partial charge in [-0.05, 0) is 55.9 Å². The molecule has 29 heavy (non-hydrogen) atoms. The molecule has 2 saturated heterocycles. The number of sulfonamides is 1. The number of hydrogen-bond acceptors (Lipinski definition) is 4. The van der Waals surface area contributed by atoms with Gasteiger partial charge in [-0.3, -0.25) is 9.59 Å². The van der Waals surface area contributed by atoms with Crippen LogP contribution in [-0.2, 0) is 19.6 Å². The van der Waals surface area contributed by atoms with Gasteiger partial charge in [-0.2, -0.15) is 4.31 Å². The molecule has 7 nitrogen and oxygen atoms in total. The molecule has 1 aromatic rings. The fourth-order valence-electron chi connectivity index (χ4n) is 3.84. The van der Waals surface area contributed by atoms with Crippen LogP contribution < -0.4 is 5.32 Å². The largest absolute Gasteiger partial charge is 0.333 e. The first-order chi connectivity index (χ1) is 13.9. The Morgan fingerprint density at radius 1 is 1.03 bits per heavy atom. The average Bonchev–Trinajstić information content (AvgIpc) is 2.68. The minimum absolute atomic E-state index is 0.0251. The molecule has 0 saturated carbocycles. The molecule has 160 valence electrons. The zero-order valence-electron chi connectivity index (χ0n) is 17.1. The van der Waals surface area contributed by atoms with Gasteiger partial charge in [0.25, 0.3) is 0 Å². The number of amides is 2. The van der Waals surface area contributed by atoms with Crippen molar-refractivity contribution in [2.75, 3.05) is 31.5 Å². The van der Waals surface area contributed by atoms with Crippen LogP contribution in [0.3, 0.4) is 0 Å². The van der Waals surface area contributed by atoms with Gasteiger partial charge in [0.2, 0.25) is 21.8 Å². The molecule has 1 aromatic carbocycles. The Morgan fingerprint density at radius 3 is 2.38 bits per heavy atom. The monoisotopic (exact) mass is 421 g/mol. The molecule has 0 aliphatic carbocycles. The fourth-order valence-corrected chi connectivity index (χ4v) is 5.31. The third-order valence-electron chi connectivity index (χ3n) is 5.77. The van der Waals surface area contributed by atoms with E-state index >= 15 is 0 Å². The number of nitrogens with zero attached hydrogens (tertiary/aromatic N) is 2. The minimum atomic E-state index is -3.50. The highest BCUT2D eigenvalue weighted by Crippen LogP contribution is 2.24. The number of rotatable bonds is 5. The van der Waals surface area contributed by atoms with Crippen molar-refractivity contribution in [3.63, 3.8) is 0 Å². The average molecular weight is 422 g/mol. The van der Waals surface area contributed by atoms with Crippen LogP contribution in [0.5, 0.6) is 0 Å². The Morgan fingerprint density at radius 2 is 1.69 bits per heavy atom. The summed E-state index contributed by atoms with van der Waals surface area (Å²) in [6.07, 6.45) is 6.19. The van der Waals surface area contributed by atoms with E-state index in [1.54, 1.807) is 17.0 Å². The molecule has 0 bridgehead atoms. The van der Waals surface area contributed by atoms with Crippen molar-refractivity contribution >= 4 is 27.5 Å². The van der Waals surface area contributed by atoms with Crippen LogP contribution in [0.25, 0.3) is 0 Å². The number of likely N-dealkylation sites (tertiary alicyclic amines) is 1. The van der Waals surface area contributed by atoms with Crippen LogP contribution in [0.2, 0.25) is 0 Å². The molecule has 2 aliphatic heterocycles. The van der Waals surface area contributed by atoms with E-state index in [4.69, 9.17) is 0 Å². The molecule has 0 atom stereocenters. The summed E-state index contributed by atoms with van der Waals surface area (Å²) in [5, 5.41) is 2.77. The summed E-state index contributed by atoms with van der Waals surface area (Å²) in [4.78, 5) is 26.4. The number of nitrogens with one attached hydrogen (secondary N) is 1. The summed E-state index contributed by atoms with van der Waals surface area (Å²) < 4.78 is 27.1. The Kier molecular flexibility index (Phi) is 7.29. The van der Waals surface area contributed by atoms with Crippen LogP contribution in [0.15, 0.2) is 29.2 Å². The van der Waals surface area contributed by atoms with Crippen molar-refractivity contribution < 1.29 is 18.0 Å². The maximum atomic E-state index is 12.8. The molecule has 2 heterocycles. The topological polar surface area (TPSA) is 86.8 Å². The number of anilines is 1. The standard InChI is InChI=1S/C21H31N3O4S/c1-17-11-14-24(15-12-17)29(27,28)19-9-7-18(8-10-19)22-20(25)16-23-13-5-3-2-4-6-21(23)26/h7-10,17H,2-6,11-16H2,1H3,(H,22,25). The summed E-state index contributed by atoms with van der Waals surface area (Å²) in [6.45, 7) is 3.88. The highest BCUT2D eigenvalue weighted by Gasteiger charge is 2.28. The third-order valence-corrected chi connectivity index (χ3v) is 7.69. The normalized spacial score (nSPS) is 20.2. The molecule has 0 spiro atoms. The number of benzene rings is 1. The van der Waals surface area contributed by atoms with E-state index in [1.165, 1.54) is 16.4 Å². The van der Waals surface area contributed by atoms with Gasteiger partial charge in [-0.1, -0.05) is 19.8 Å². The van der Waals surface area contributed by atoms with Gasteiger partial charge in [0.15, 0.2) is 0 Å². The van der Waals surface area contributed by atoms with Crippen molar-refractivity contribution in [2.24, 2.45) is 5.92 Å². The quantitative estimate of drug-likeness (QED) is 0.792. The van der Waals surface area contributed by atoms with Gasteiger partial charge < -0.3 is 10.2 Å². The third kappa shape index (κ3) is 5.79. The van der Waals surface area contributed by atoms with Gasteiger partial charge in [0.1, 0.15) is 0 Å². The van der Waals surface area contributed by atoms with Crippen LogP contribution in [0.4, 0.5) is 5.69 Å². The van der Waals surface area contributed by atoms with Gasteiger partial charge >= 0.3 is 0 Å². The van der Waals surface area contributed by atoms with Gasteiger partial charge in [0.05, 0.1) is 11.4 Å². The second kappa shape index (κ2) is 9.71. The van der Waals surface area contributed by atoms with E-state index in [9.17, 15) is 18.0 Å². The van der Waals surface area contributed by atoms with Crippen LogP contribution in [-0.4, -0.2) is 55.6 Å². The first-order valence-electron chi connectivity index (χ1n) is 10.5. The molecule has 1 N–H and O–H groups in total. The number of carbonyl (C=O) groups is 2. The Labute approximate surface area is 173 Å². The predicted octanol–water partition coefficient (Wildman–Crippen LogP) is 2.84. The number of piperidine rings is 1. The zero-order valence-corrected chi connectivity index (χ0v) is 17.9. The predicted molar refractivity (Wildman–Crippen MR) is 112 cm³/mol. The summed E-state index contributed by atoms with van der Waals surface area (Å²) in [7, 11) is -3.50. The van der Waals surface area contributed by atoms with Crippen molar-refractivity contribution in [2.45, 2.75) is 56.8 Å². The smallest absolute Gasteiger partial charge is 0.243 e. The molecule has 0 unspecified atom stereocenters. The molecule has 0 radical (unpaired) electrons. The first-order valence-corrected chi connectivity index (χ1v) is 12.0. The lowest BCUT2D eigenvalue weighted by molar-refractivity contribution is -0.135. The summed E-state index contributed by atoms with van der Waals surface area (Å²) in [6, 6.07) is 6.27. The molecular formula is C21H31N3O4S. The van der Waals surface area contributed by atoms with Crippen LogP contribution in [0.1, 0.15) is 51.9 Å². The summed E-state index contributed by atoms with van der Waals surface area (Å²) >= 11 is 0. The Bertz CT molecular complexity index is 815. The van der Waals surface area contributed by atoms with E-state index in [0.717, 1.165) is 38.5 Å². The van der Waals surface area contributed by atoms with Gasteiger partial charge in [-0.25, -0.2) is 8.42 Å². The van der Waals surface area contributed by atoms with E-state index in [1.807, 2.05) is 0 Å². The van der Waals surface area contributed by atoms with Gasteiger partial charge in [0, 0.05) is 31.7 Å². The van der Waals surface area contributed by atoms with E-state index < -0.39 is 10.0 Å².